The number of alkyl carbamates (subject to hydrolysis) is 1. The van der Waals surface area contributed by atoms with Crippen LogP contribution in [0.1, 0.15) is 40.5 Å². The fourth-order valence-electron chi connectivity index (χ4n) is 2.30. The molecule has 128 valence electrons. The predicted molar refractivity (Wildman–Crippen MR) is 79.8 cm³/mol. The van der Waals surface area contributed by atoms with Gasteiger partial charge < -0.3 is 19.7 Å². The number of esters is 1. The van der Waals surface area contributed by atoms with Gasteiger partial charge in [-0.1, -0.05) is 20.8 Å². The van der Waals surface area contributed by atoms with Crippen molar-refractivity contribution in [1.82, 2.24) is 10.2 Å². The van der Waals surface area contributed by atoms with E-state index in [9.17, 15) is 14.4 Å². The Balaban J connectivity index is 2.73. The van der Waals surface area contributed by atoms with Crippen molar-refractivity contribution in [3.8, 4) is 6.07 Å². The average molecular weight is 325 g/mol. The van der Waals surface area contributed by atoms with Gasteiger partial charge in [-0.05, 0) is 18.3 Å². The van der Waals surface area contributed by atoms with Crippen LogP contribution in [0.4, 0.5) is 4.79 Å². The van der Waals surface area contributed by atoms with Crippen LogP contribution in [0.3, 0.4) is 0 Å². The minimum atomic E-state index is -0.854. The van der Waals surface area contributed by atoms with Crippen molar-refractivity contribution in [1.29, 1.82) is 5.26 Å². The van der Waals surface area contributed by atoms with Crippen LogP contribution in [0.5, 0.6) is 0 Å². The topological polar surface area (TPSA) is 109 Å². The van der Waals surface area contributed by atoms with Crippen molar-refractivity contribution < 1.29 is 23.9 Å². The SMILES string of the molecule is CC(=O)OCOC(=O)NC(C(=O)N1CCCC1C#N)C(C)(C)C. The number of nitriles is 1. The molecule has 8 nitrogen and oxygen atoms in total. The Kier molecular flexibility index (Phi) is 6.37. The number of hydrogen-bond donors (Lipinski definition) is 1. The fourth-order valence-corrected chi connectivity index (χ4v) is 2.30. The van der Waals surface area contributed by atoms with Crippen LogP contribution < -0.4 is 5.32 Å². The third kappa shape index (κ3) is 5.43. The molecule has 1 rings (SSSR count). The van der Waals surface area contributed by atoms with E-state index in [4.69, 9.17) is 10.00 Å². The first-order valence-electron chi connectivity index (χ1n) is 7.43. The lowest BCUT2D eigenvalue weighted by Crippen LogP contribution is -2.55. The van der Waals surface area contributed by atoms with Crippen molar-refractivity contribution in [3.05, 3.63) is 0 Å². The van der Waals surface area contributed by atoms with E-state index in [1.807, 2.05) is 0 Å². The Morgan fingerprint density at radius 2 is 2.00 bits per heavy atom. The van der Waals surface area contributed by atoms with E-state index >= 15 is 0 Å². The highest BCUT2D eigenvalue weighted by Crippen LogP contribution is 2.25. The maximum absolute atomic E-state index is 12.7. The molecule has 1 N–H and O–H groups in total. The molecule has 0 aliphatic carbocycles. The molecule has 0 aromatic rings. The number of rotatable bonds is 4. The van der Waals surface area contributed by atoms with E-state index in [0.29, 0.717) is 13.0 Å². The molecular formula is C15H23N3O5. The predicted octanol–water partition coefficient (Wildman–Crippen LogP) is 1.16. The van der Waals surface area contributed by atoms with E-state index in [0.717, 1.165) is 6.42 Å². The summed E-state index contributed by atoms with van der Waals surface area (Å²) >= 11 is 0. The smallest absolute Gasteiger partial charge is 0.410 e. The molecular weight excluding hydrogens is 302 g/mol. The molecule has 1 fully saturated rings. The van der Waals surface area contributed by atoms with Crippen molar-refractivity contribution in [2.45, 2.75) is 52.6 Å². The highest BCUT2D eigenvalue weighted by Gasteiger charge is 2.40. The molecule has 0 saturated carbocycles. The first-order chi connectivity index (χ1) is 10.7. The van der Waals surface area contributed by atoms with Crippen LogP contribution in [-0.2, 0) is 19.1 Å². The lowest BCUT2D eigenvalue weighted by Gasteiger charge is -2.34. The van der Waals surface area contributed by atoms with Crippen LogP contribution in [0.15, 0.2) is 0 Å². The average Bonchev–Trinajstić information content (AvgIpc) is 2.90. The van der Waals surface area contributed by atoms with Crippen LogP contribution in [-0.4, -0.2) is 48.3 Å². The first kappa shape index (κ1) is 18.7. The third-order valence-electron chi connectivity index (χ3n) is 3.51. The Labute approximate surface area is 135 Å². The third-order valence-corrected chi connectivity index (χ3v) is 3.51. The number of carbonyl (C=O) groups excluding carboxylic acids is 3. The summed E-state index contributed by atoms with van der Waals surface area (Å²) < 4.78 is 9.23. The lowest BCUT2D eigenvalue weighted by atomic mass is 9.85. The molecule has 0 aromatic carbocycles. The maximum Gasteiger partial charge on any atom is 0.410 e. The van der Waals surface area contributed by atoms with Crippen molar-refractivity contribution in [3.63, 3.8) is 0 Å². The van der Waals surface area contributed by atoms with E-state index in [1.165, 1.54) is 11.8 Å². The normalized spacial score (nSPS) is 18.7. The molecule has 2 amide bonds. The second kappa shape index (κ2) is 7.81. The zero-order valence-corrected chi connectivity index (χ0v) is 13.9. The molecule has 23 heavy (non-hydrogen) atoms. The number of likely N-dealkylation sites (tertiary alicyclic amines) is 1. The van der Waals surface area contributed by atoms with Gasteiger partial charge in [0.15, 0.2) is 0 Å². The van der Waals surface area contributed by atoms with Gasteiger partial charge in [-0.3, -0.25) is 9.59 Å². The number of nitrogens with zero attached hydrogens (tertiary/aromatic N) is 2. The standard InChI is InChI=1S/C15H23N3O5/c1-10(19)22-9-23-14(21)17-12(15(2,3)4)13(20)18-7-5-6-11(18)8-16/h11-12H,5-7,9H2,1-4H3,(H,17,21). The molecule has 2 unspecified atom stereocenters. The van der Waals surface area contributed by atoms with E-state index in [-0.39, 0.29) is 5.91 Å². The highest BCUT2D eigenvalue weighted by atomic mass is 16.7. The summed E-state index contributed by atoms with van der Waals surface area (Å²) in [6.45, 7) is 6.58. The van der Waals surface area contributed by atoms with Crippen molar-refractivity contribution in [2.75, 3.05) is 13.3 Å². The maximum atomic E-state index is 12.7. The molecule has 2 atom stereocenters. The number of hydrogen-bond acceptors (Lipinski definition) is 6. The van der Waals surface area contributed by atoms with Crippen LogP contribution >= 0.6 is 0 Å². The van der Waals surface area contributed by atoms with E-state index in [1.54, 1.807) is 20.8 Å². The first-order valence-corrected chi connectivity index (χ1v) is 7.43. The van der Waals surface area contributed by atoms with Crippen LogP contribution in [0.25, 0.3) is 0 Å². The minimum absolute atomic E-state index is 0.314. The summed E-state index contributed by atoms with van der Waals surface area (Å²) in [5, 5.41) is 11.6. The quantitative estimate of drug-likeness (QED) is 0.614. The van der Waals surface area contributed by atoms with Crippen molar-refractivity contribution >= 4 is 18.0 Å². The number of nitrogens with one attached hydrogen (secondary N) is 1. The van der Waals surface area contributed by atoms with Gasteiger partial charge in [0, 0.05) is 13.5 Å². The number of ether oxygens (including phenoxy) is 2. The summed E-state index contributed by atoms with van der Waals surface area (Å²) in [4.78, 5) is 36.6. The molecule has 1 aliphatic rings. The minimum Gasteiger partial charge on any atom is -0.428 e. The monoisotopic (exact) mass is 325 g/mol. The Morgan fingerprint density at radius 1 is 1.35 bits per heavy atom. The van der Waals surface area contributed by atoms with Gasteiger partial charge in [0.2, 0.25) is 12.7 Å². The largest absolute Gasteiger partial charge is 0.428 e. The molecule has 1 saturated heterocycles. The molecule has 1 aliphatic heterocycles. The number of carbonyl (C=O) groups is 3. The number of amides is 2. The van der Waals surface area contributed by atoms with Crippen LogP contribution in [0, 0.1) is 16.7 Å². The van der Waals surface area contributed by atoms with Gasteiger partial charge in [-0.2, -0.15) is 5.26 Å². The van der Waals surface area contributed by atoms with E-state index < -0.39 is 36.4 Å². The van der Waals surface area contributed by atoms with Gasteiger partial charge in [0.1, 0.15) is 12.1 Å². The van der Waals surface area contributed by atoms with Crippen LogP contribution in [0.2, 0.25) is 0 Å². The summed E-state index contributed by atoms with van der Waals surface area (Å²) in [6.07, 6.45) is 0.542. The molecule has 0 spiro atoms. The zero-order valence-electron chi connectivity index (χ0n) is 13.9. The lowest BCUT2D eigenvalue weighted by molar-refractivity contribution is -0.149. The van der Waals surface area contributed by atoms with Gasteiger partial charge >= 0.3 is 12.1 Å². The van der Waals surface area contributed by atoms with Gasteiger partial charge in [0.05, 0.1) is 6.07 Å². The second-order valence-electron chi connectivity index (χ2n) is 6.45. The highest BCUT2D eigenvalue weighted by molar-refractivity contribution is 5.87. The molecule has 0 radical (unpaired) electrons. The van der Waals surface area contributed by atoms with Gasteiger partial charge in [0.25, 0.3) is 0 Å². The zero-order chi connectivity index (χ0) is 17.6. The Morgan fingerprint density at radius 3 is 2.52 bits per heavy atom. The van der Waals surface area contributed by atoms with Gasteiger partial charge in [-0.25, -0.2) is 4.79 Å². The molecule has 1 heterocycles. The Bertz CT molecular complexity index is 506. The fraction of sp³-hybridized carbons (Fsp3) is 0.733. The molecule has 8 heteroatoms. The van der Waals surface area contributed by atoms with E-state index in [2.05, 4.69) is 16.1 Å². The molecule has 0 bridgehead atoms. The summed E-state index contributed by atoms with van der Waals surface area (Å²) in [5.74, 6) is -0.888. The summed E-state index contributed by atoms with van der Waals surface area (Å²) in [6, 6.07) is 0.792. The summed E-state index contributed by atoms with van der Waals surface area (Å²) in [5.41, 5.74) is -0.569. The van der Waals surface area contributed by atoms with Gasteiger partial charge in [-0.15, -0.1) is 0 Å². The van der Waals surface area contributed by atoms with Crippen molar-refractivity contribution in [2.24, 2.45) is 5.41 Å². The summed E-state index contributed by atoms with van der Waals surface area (Å²) in [7, 11) is 0. The molecule has 0 aromatic heterocycles. The Hall–Kier alpha value is -2.30. The second-order valence-corrected chi connectivity index (χ2v) is 6.45.